The molecule has 0 aromatic heterocycles. The van der Waals surface area contributed by atoms with E-state index in [1.807, 2.05) is 26.0 Å². The van der Waals surface area contributed by atoms with Crippen LogP contribution in [0.25, 0.3) is 0 Å². The third kappa shape index (κ3) is 4.96. The highest BCUT2D eigenvalue weighted by atomic mass is 79.9. The fraction of sp³-hybridized carbons (Fsp3) is 0.222. The molecule has 2 N–H and O–H groups in total. The van der Waals surface area contributed by atoms with Gasteiger partial charge in [0.05, 0.1) is 12.7 Å². The molecule has 0 atom stereocenters. The van der Waals surface area contributed by atoms with Gasteiger partial charge in [-0.05, 0) is 49.2 Å². The predicted molar refractivity (Wildman–Crippen MR) is 97.7 cm³/mol. The SMILES string of the molecule is COc1ccccc1C(=O)NNC(=O)COc1c(C)cc(Br)cc1C. The van der Waals surface area contributed by atoms with Gasteiger partial charge >= 0.3 is 0 Å². The second-order valence-electron chi connectivity index (χ2n) is 5.36. The first-order valence-corrected chi connectivity index (χ1v) is 8.33. The van der Waals surface area contributed by atoms with Crippen molar-refractivity contribution in [1.82, 2.24) is 10.9 Å². The number of halogens is 1. The molecule has 0 aliphatic rings. The van der Waals surface area contributed by atoms with Crippen molar-refractivity contribution in [3.8, 4) is 11.5 Å². The summed E-state index contributed by atoms with van der Waals surface area (Å²) in [6.07, 6.45) is 0. The van der Waals surface area contributed by atoms with Gasteiger partial charge in [0.2, 0.25) is 0 Å². The Hall–Kier alpha value is -2.54. The smallest absolute Gasteiger partial charge is 0.276 e. The number of benzene rings is 2. The fourth-order valence-electron chi connectivity index (χ4n) is 2.32. The van der Waals surface area contributed by atoms with Crippen LogP contribution in [-0.4, -0.2) is 25.5 Å². The van der Waals surface area contributed by atoms with Crippen molar-refractivity contribution in [2.75, 3.05) is 13.7 Å². The van der Waals surface area contributed by atoms with Crippen LogP contribution in [0.3, 0.4) is 0 Å². The number of hydrogen-bond acceptors (Lipinski definition) is 4. The number of carbonyl (C=O) groups is 2. The molecule has 2 aromatic carbocycles. The first-order valence-electron chi connectivity index (χ1n) is 7.54. The summed E-state index contributed by atoms with van der Waals surface area (Å²) in [5.74, 6) is 0.132. The molecule has 0 saturated heterocycles. The molecule has 0 aliphatic heterocycles. The van der Waals surface area contributed by atoms with E-state index in [0.717, 1.165) is 15.6 Å². The van der Waals surface area contributed by atoms with Gasteiger partial charge in [0.15, 0.2) is 6.61 Å². The Morgan fingerprint density at radius 1 is 1.08 bits per heavy atom. The van der Waals surface area contributed by atoms with Crippen LogP contribution in [0.5, 0.6) is 11.5 Å². The van der Waals surface area contributed by atoms with Gasteiger partial charge in [0, 0.05) is 4.47 Å². The lowest BCUT2D eigenvalue weighted by Crippen LogP contribution is -2.44. The lowest BCUT2D eigenvalue weighted by Gasteiger charge is -2.13. The van der Waals surface area contributed by atoms with Gasteiger partial charge in [-0.2, -0.15) is 0 Å². The summed E-state index contributed by atoms with van der Waals surface area (Å²) in [6.45, 7) is 3.58. The highest BCUT2D eigenvalue weighted by Gasteiger charge is 2.13. The summed E-state index contributed by atoms with van der Waals surface area (Å²) >= 11 is 3.41. The number of amides is 2. The number of nitrogens with one attached hydrogen (secondary N) is 2. The van der Waals surface area contributed by atoms with Crippen molar-refractivity contribution >= 4 is 27.7 Å². The van der Waals surface area contributed by atoms with Crippen LogP contribution in [0.2, 0.25) is 0 Å². The minimum atomic E-state index is -0.471. The first-order chi connectivity index (χ1) is 11.9. The Morgan fingerprint density at radius 3 is 2.36 bits per heavy atom. The third-order valence-electron chi connectivity index (χ3n) is 3.44. The molecule has 0 spiro atoms. The molecular formula is C18H19BrN2O4. The second-order valence-corrected chi connectivity index (χ2v) is 6.28. The molecule has 132 valence electrons. The van der Waals surface area contributed by atoms with Gasteiger partial charge in [0.1, 0.15) is 11.5 Å². The molecule has 0 radical (unpaired) electrons. The summed E-state index contributed by atoms with van der Waals surface area (Å²) in [6, 6.07) is 10.5. The molecule has 2 amide bonds. The van der Waals surface area contributed by atoms with Crippen molar-refractivity contribution in [3.05, 3.63) is 57.6 Å². The van der Waals surface area contributed by atoms with E-state index in [4.69, 9.17) is 9.47 Å². The van der Waals surface area contributed by atoms with Gasteiger partial charge in [-0.1, -0.05) is 28.1 Å². The van der Waals surface area contributed by atoms with Crippen molar-refractivity contribution in [3.63, 3.8) is 0 Å². The Labute approximate surface area is 154 Å². The van der Waals surface area contributed by atoms with Crippen LogP contribution in [0.1, 0.15) is 21.5 Å². The van der Waals surface area contributed by atoms with Crippen molar-refractivity contribution in [2.45, 2.75) is 13.8 Å². The Bertz CT molecular complexity index is 769. The maximum absolute atomic E-state index is 12.1. The number of hydrazine groups is 1. The van der Waals surface area contributed by atoms with Crippen LogP contribution >= 0.6 is 15.9 Å². The van der Waals surface area contributed by atoms with E-state index in [0.29, 0.717) is 17.1 Å². The molecule has 0 heterocycles. The van der Waals surface area contributed by atoms with Gasteiger partial charge in [-0.15, -0.1) is 0 Å². The number of methoxy groups -OCH3 is 1. The standard InChI is InChI=1S/C18H19BrN2O4/c1-11-8-13(19)9-12(2)17(11)25-10-16(22)20-21-18(23)14-6-4-5-7-15(14)24-3/h4-9H,10H2,1-3H3,(H,20,22)(H,21,23). The van der Waals surface area contributed by atoms with Crippen molar-refractivity contribution in [1.29, 1.82) is 0 Å². The number of carbonyl (C=O) groups excluding carboxylic acids is 2. The average Bonchev–Trinajstić information content (AvgIpc) is 2.58. The molecule has 25 heavy (non-hydrogen) atoms. The van der Waals surface area contributed by atoms with Gasteiger partial charge < -0.3 is 9.47 Å². The fourth-order valence-corrected chi connectivity index (χ4v) is 3.01. The molecule has 2 aromatic rings. The van der Waals surface area contributed by atoms with E-state index in [9.17, 15) is 9.59 Å². The molecule has 0 fully saturated rings. The molecule has 0 unspecified atom stereocenters. The zero-order valence-electron chi connectivity index (χ0n) is 14.2. The lowest BCUT2D eigenvalue weighted by atomic mass is 10.1. The lowest BCUT2D eigenvalue weighted by molar-refractivity contribution is -0.123. The van der Waals surface area contributed by atoms with Crippen molar-refractivity contribution < 1.29 is 19.1 Å². The van der Waals surface area contributed by atoms with E-state index < -0.39 is 11.8 Å². The van der Waals surface area contributed by atoms with E-state index in [1.165, 1.54) is 7.11 Å². The van der Waals surface area contributed by atoms with Gasteiger partial charge in [-0.25, -0.2) is 0 Å². The molecule has 6 nitrogen and oxygen atoms in total. The highest BCUT2D eigenvalue weighted by molar-refractivity contribution is 9.10. The maximum atomic E-state index is 12.1. The number of ether oxygens (including phenoxy) is 2. The molecular weight excluding hydrogens is 388 g/mol. The Morgan fingerprint density at radius 2 is 1.72 bits per heavy atom. The largest absolute Gasteiger partial charge is 0.496 e. The molecule has 0 aliphatic carbocycles. The number of rotatable bonds is 5. The molecule has 0 saturated carbocycles. The van der Waals surface area contributed by atoms with Gasteiger partial charge in [-0.3, -0.25) is 20.4 Å². The van der Waals surface area contributed by atoms with E-state index in [-0.39, 0.29) is 6.61 Å². The highest BCUT2D eigenvalue weighted by Crippen LogP contribution is 2.27. The Balaban J connectivity index is 1.90. The van der Waals surface area contributed by atoms with Crippen LogP contribution in [-0.2, 0) is 4.79 Å². The normalized spacial score (nSPS) is 10.1. The van der Waals surface area contributed by atoms with E-state index in [1.54, 1.807) is 24.3 Å². The summed E-state index contributed by atoms with van der Waals surface area (Å²) in [7, 11) is 1.47. The average molecular weight is 407 g/mol. The molecule has 0 bridgehead atoms. The second kappa shape index (κ2) is 8.53. The minimum Gasteiger partial charge on any atom is -0.496 e. The quantitative estimate of drug-likeness (QED) is 0.748. The molecule has 7 heteroatoms. The van der Waals surface area contributed by atoms with Crippen molar-refractivity contribution in [2.24, 2.45) is 0 Å². The van der Waals surface area contributed by atoms with Crippen LogP contribution in [0, 0.1) is 13.8 Å². The third-order valence-corrected chi connectivity index (χ3v) is 3.90. The summed E-state index contributed by atoms with van der Waals surface area (Å²) < 4.78 is 11.6. The number of para-hydroxylation sites is 1. The van der Waals surface area contributed by atoms with Crippen LogP contribution in [0.15, 0.2) is 40.9 Å². The first kappa shape index (κ1) is 18.8. The number of aryl methyl sites for hydroxylation is 2. The zero-order valence-corrected chi connectivity index (χ0v) is 15.8. The Kier molecular flexibility index (Phi) is 6.41. The summed E-state index contributed by atoms with van der Waals surface area (Å²) in [5, 5.41) is 0. The zero-order chi connectivity index (χ0) is 18.4. The number of hydrogen-bond donors (Lipinski definition) is 2. The monoisotopic (exact) mass is 406 g/mol. The minimum absolute atomic E-state index is 0.213. The summed E-state index contributed by atoms with van der Waals surface area (Å²) in [4.78, 5) is 24.0. The molecule has 2 rings (SSSR count). The van der Waals surface area contributed by atoms with Crippen LogP contribution in [0.4, 0.5) is 0 Å². The van der Waals surface area contributed by atoms with E-state index in [2.05, 4.69) is 26.8 Å². The van der Waals surface area contributed by atoms with Gasteiger partial charge in [0.25, 0.3) is 11.8 Å². The van der Waals surface area contributed by atoms with Crippen LogP contribution < -0.4 is 20.3 Å². The maximum Gasteiger partial charge on any atom is 0.276 e. The predicted octanol–water partition coefficient (Wildman–Crippen LogP) is 2.91. The summed E-state index contributed by atoms with van der Waals surface area (Å²) in [5.41, 5.74) is 6.82. The van der Waals surface area contributed by atoms with E-state index >= 15 is 0 Å². The topological polar surface area (TPSA) is 76.7 Å².